The summed E-state index contributed by atoms with van der Waals surface area (Å²) in [6, 6.07) is 7.91. The Morgan fingerprint density at radius 1 is 1.32 bits per heavy atom. The van der Waals surface area contributed by atoms with Crippen LogP contribution < -0.4 is 10.6 Å². The van der Waals surface area contributed by atoms with Crippen molar-refractivity contribution in [2.75, 3.05) is 25.0 Å². The average Bonchev–Trinajstić information content (AvgIpc) is 2.94. The molecule has 2 amide bonds. The number of piperidine rings is 1. The molecule has 2 aromatic rings. The highest BCUT2D eigenvalue weighted by atomic mass is 16.2. The van der Waals surface area contributed by atoms with Crippen molar-refractivity contribution in [3.8, 4) is 0 Å². The number of hydrogen-bond donors (Lipinski definition) is 2. The van der Waals surface area contributed by atoms with Crippen molar-refractivity contribution in [3.05, 3.63) is 30.5 Å². The summed E-state index contributed by atoms with van der Waals surface area (Å²) in [5, 5.41) is 7.17. The Morgan fingerprint density at radius 3 is 2.88 bits per heavy atom. The van der Waals surface area contributed by atoms with Gasteiger partial charge in [0.1, 0.15) is 0 Å². The fourth-order valence-electron chi connectivity index (χ4n) is 3.66. The van der Waals surface area contributed by atoms with E-state index in [0.717, 1.165) is 30.2 Å². The van der Waals surface area contributed by atoms with Gasteiger partial charge in [0.25, 0.3) is 0 Å². The predicted octanol–water partition coefficient (Wildman–Crippen LogP) is 3.81. The number of carbonyl (C=O) groups excluding carboxylic acids is 1. The van der Waals surface area contributed by atoms with Crippen LogP contribution in [0.25, 0.3) is 10.9 Å². The molecule has 0 spiro atoms. The first-order valence-corrected chi connectivity index (χ1v) is 9.20. The fraction of sp³-hybridized carbons (Fsp3) is 0.550. The third-order valence-electron chi connectivity index (χ3n) is 5.34. The maximum atomic E-state index is 12.3. The van der Waals surface area contributed by atoms with Crippen LogP contribution in [-0.2, 0) is 7.05 Å². The van der Waals surface area contributed by atoms with E-state index in [2.05, 4.69) is 46.9 Å². The lowest BCUT2D eigenvalue weighted by Gasteiger charge is -2.43. The highest BCUT2D eigenvalue weighted by Crippen LogP contribution is 2.23. The summed E-state index contributed by atoms with van der Waals surface area (Å²) in [6.45, 7) is 9.59. The van der Waals surface area contributed by atoms with Crippen LogP contribution in [0.3, 0.4) is 0 Å². The maximum Gasteiger partial charge on any atom is 0.319 e. The summed E-state index contributed by atoms with van der Waals surface area (Å²) in [5.74, 6) is 0.735. The number of anilines is 1. The van der Waals surface area contributed by atoms with Gasteiger partial charge in [-0.2, -0.15) is 0 Å². The van der Waals surface area contributed by atoms with Gasteiger partial charge in [-0.1, -0.05) is 13.0 Å². The summed E-state index contributed by atoms with van der Waals surface area (Å²) in [7, 11) is 2.01. The van der Waals surface area contributed by atoms with Crippen LogP contribution in [0.2, 0.25) is 0 Å². The van der Waals surface area contributed by atoms with E-state index in [4.69, 9.17) is 0 Å². The van der Waals surface area contributed by atoms with Gasteiger partial charge >= 0.3 is 6.03 Å². The molecule has 1 aromatic carbocycles. The molecule has 1 aromatic heterocycles. The Labute approximate surface area is 150 Å². The van der Waals surface area contributed by atoms with Gasteiger partial charge in [-0.25, -0.2) is 4.79 Å². The molecule has 25 heavy (non-hydrogen) atoms. The van der Waals surface area contributed by atoms with Gasteiger partial charge in [0, 0.05) is 43.1 Å². The summed E-state index contributed by atoms with van der Waals surface area (Å²) < 4.78 is 2.05. The quantitative estimate of drug-likeness (QED) is 0.888. The molecule has 2 N–H and O–H groups in total. The zero-order valence-electron chi connectivity index (χ0n) is 15.8. The molecule has 136 valence electrons. The number of benzene rings is 1. The molecule has 3 rings (SSSR count). The van der Waals surface area contributed by atoms with Gasteiger partial charge in [-0.15, -0.1) is 0 Å². The third-order valence-corrected chi connectivity index (χ3v) is 5.34. The zero-order valence-corrected chi connectivity index (χ0v) is 15.8. The first-order chi connectivity index (χ1) is 11.8. The molecule has 1 aliphatic rings. The Kier molecular flexibility index (Phi) is 5.04. The maximum absolute atomic E-state index is 12.3. The minimum atomic E-state index is -0.147. The van der Waals surface area contributed by atoms with E-state index < -0.39 is 0 Å². The molecule has 0 saturated carbocycles. The summed E-state index contributed by atoms with van der Waals surface area (Å²) >= 11 is 0. The summed E-state index contributed by atoms with van der Waals surface area (Å²) in [5.41, 5.74) is 1.89. The van der Waals surface area contributed by atoms with Crippen molar-refractivity contribution >= 4 is 22.6 Å². The summed E-state index contributed by atoms with van der Waals surface area (Å²) in [6.07, 6.45) is 4.58. The van der Waals surface area contributed by atoms with Crippen molar-refractivity contribution in [3.63, 3.8) is 0 Å². The molecule has 1 aliphatic heterocycles. The van der Waals surface area contributed by atoms with E-state index in [1.165, 1.54) is 18.2 Å². The van der Waals surface area contributed by atoms with Crippen molar-refractivity contribution in [1.29, 1.82) is 0 Å². The number of rotatable bonds is 4. The molecule has 1 fully saturated rings. The molecule has 5 nitrogen and oxygen atoms in total. The van der Waals surface area contributed by atoms with Crippen LogP contribution in [-0.4, -0.2) is 40.7 Å². The van der Waals surface area contributed by atoms with Crippen LogP contribution in [0.5, 0.6) is 0 Å². The van der Waals surface area contributed by atoms with Crippen LogP contribution >= 0.6 is 0 Å². The smallest absolute Gasteiger partial charge is 0.319 e. The molecule has 0 aliphatic carbocycles. The van der Waals surface area contributed by atoms with Gasteiger partial charge in [-0.3, -0.25) is 4.90 Å². The monoisotopic (exact) mass is 342 g/mol. The van der Waals surface area contributed by atoms with Gasteiger partial charge in [0.15, 0.2) is 0 Å². The number of carbonyl (C=O) groups is 1. The van der Waals surface area contributed by atoms with Crippen molar-refractivity contribution in [2.24, 2.45) is 13.0 Å². The molecule has 0 bridgehead atoms. The molecule has 0 radical (unpaired) electrons. The first kappa shape index (κ1) is 17.8. The molecule has 1 saturated heterocycles. The number of hydrogen-bond acceptors (Lipinski definition) is 2. The van der Waals surface area contributed by atoms with Gasteiger partial charge in [0.05, 0.1) is 0 Å². The van der Waals surface area contributed by atoms with E-state index in [0.29, 0.717) is 6.54 Å². The summed E-state index contributed by atoms with van der Waals surface area (Å²) in [4.78, 5) is 14.8. The largest absolute Gasteiger partial charge is 0.350 e. The van der Waals surface area contributed by atoms with E-state index in [1.54, 1.807) is 0 Å². The highest BCUT2D eigenvalue weighted by Gasteiger charge is 2.30. The number of urea groups is 1. The van der Waals surface area contributed by atoms with E-state index in [1.807, 2.05) is 31.4 Å². The van der Waals surface area contributed by atoms with Gasteiger partial charge in [0.2, 0.25) is 0 Å². The average molecular weight is 342 g/mol. The lowest BCUT2D eigenvalue weighted by Crippen LogP contribution is -2.55. The number of nitrogens with one attached hydrogen (secondary N) is 2. The molecule has 2 heterocycles. The molecule has 5 heteroatoms. The molecular formula is C20H30N4O. The van der Waals surface area contributed by atoms with Gasteiger partial charge in [-0.05, 0) is 62.7 Å². The van der Waals surface area contributed by atoms with Crippen LogP contribution in [0, 0.1) is 5.92 Å². The Bertz CT molecular complexity index is 749. The van der Waals surface area contributed by atoms with Gasteiger partial charge < -0.3 is 15.2 Å². The fourth-order valence-corrected chi connectivity index (χ4v) is 3.66. The van der Waals surface area contributed by atoms with E-state index in [-0.39, 0.29) is 11.6 Å². The molecule has 0 unspecified atom stereocenters. The first-order valence-electron chi connectivity index (χ1n) is 9.20. The lowest BCUT2D eigenvalue weighted by molar-refractivity contribution is 0.0728. The molecule has 1 atom stereocenters. The number of aryl methyl sites for hydroxylation is 1. The standard InChI is InChI=1S/C20H30N4O/c1-15-6-5-10-24(13-15)20(2,3)14-21-19(25)22-17-8-7-16-9-11-23(4)18(16)12-17/h7-9,11-12,15H,5-6,10,13-14H2,1-4H3,(H2,21,22,25)/t15-/m0/s1. The number of amides is 2. The predicted molar refractivity (Wildman–Crippen MR) is 104 cm³/mol. The Balaban J connectivity index is 1.57. The number of likely N-dealkylation sites (tertiary alicyclic amines) is 1. The second-order valence-corrected chi connectivity index (χ2v) is 8.01. The Morgan fingerprint density at radius 2 is 2.12 bits per heavy atom. The highest BCUT2D eigenvalue weighted by molar-refractivity contribution is 5.92. The van der Waals surface area contributed by atoms with Crippen molar-refractivity contribution in [2.45, 2.75) is 39.2 Å². The Hall–Kier alpha value is -2.01. The van der Waals surface area contributed by atoms with Crippen LogP contribution in [0.1, 0.15) is 33.6 Å². The van der Waals surface area contributed by atoms with E-state index >= 15 is 0 Å². The number of nitrogens with zero attached hydrogens (tertiary/aromatic N) is 2. The van der Waals surface area contributed by atoms with Crippen molar-refractivity contribution in [1.82, 2.24) is 14.8 Å². The lowest BCUT2D eigenvalue weighted by atomic mass is 9.93. The minimum absolute atomic E-state index is 0.0336. The van der Waals surface area contributed by atoms with Crippen LogP contribution in [0.15, 0.2) is 30.5 Å². The van der Waals surface area contributed by atoms with Crippen molar-refractivity contribution < 1.29 is 4.79 Å². The minimum Gasteiger partial charge on any atom is -0.350 e. The number of aromatic nitrogens is 1. The molecular weight excluding hydrogens is 312 g/mol. The SMILES string of the molecule is C[C@H]1CCCN(C(C)(C)CNC(=O)Nc2ccc3ccn(C)c3c2)C1. The third kappa shape index (κ3) is 4.15. The topological polar surface area (TPSA) is 49.3 Å². The second kappa shape index (κ2) is 7.08. The second-order valence-electron chi connectivity index (χ2n) is 8.01. The number of fused-ring (bicyclic) bond motifs is 1. The normalized spacial score (nSPS) is 19.1. The van der Waals surface area contributed by atoms with Crippen LogP contribution in [0.4, 0.5) is 10.5 Å². The zero-order chi connectivity index (χ0) is 18.0. The van der Waals surface area contributed by atoms with E-state index in [9.17, 15) is 4.79 Å².